The number of rotatable bonds is 10. The van der Waals surface area contributed by atoms with Gasteiger partial charge in [0.15, 0.2) is 0 Å². The first-order valence-corrected chi connectivity index (χ1v) is 20.9. The van der Waals surface area contributed by atoms with Gasteiger partial charge >= 0.3 is 0 Å². The minimum Gasteiger partial charge on any atom is -0.310 e. The fourth-order valence-corrected chi connectivity index (χ4v) is 8.41. The van der Waals surface area contributed by atoms with Gasteiger partial charge in [0.05, 0.1) is 5.69 Å². The van der Waals surface area contributed by atoms with E-state index in [1.165, 1.54) is 50.1 Å². The lowest BCUT2D eigenvalue weighted by Gasteiger charge is -2.30. The third kappa shape index (κ3) is 7.93. The minimum absolute atomic E-state index is 1.08. The molecule has 0 unspecified atom stereocenters. The van der Waals surface area contributed by atoms with Crippen LogP contribution in [0, 0.1) is 0 Å². The van der Waals surface area contributed by atoms with Crippen LogP contribution in [0.5, 0.6) is 0 Å². The summed E-state index contributed by atoms with van der Waals surface area (Å²) in [5, 5.41) is 0. The first-order chi connectivity index (χ1) is 30.2. The summed E-state index contributed by atoms with van der Waals surface area (Å²) in [4.78, 5) is 2.44. The van der Waals surface area contributed by atoms with Crippen LogP contribution in [0.4, 0.5) is 17.1 Å². The van der Waals surface area contributed by atoms with Crippen LogP contribution in [0.15, 0.2) is 261 Å². The first kappa shape index (κ1) is 37.3. The zero-order chi connectivity index (χ0) is 40.8. The third-order valence-electron chi connectivity index (χ3n) is 11.5. The smallest absolute Gasteiger partial charge is 0.0540 e. The average Bonchev–Trinajstić information content (AvgIpc) is 3.36. The standard InChI is InChI=1S/C60H43N/c1-7-19-44(20-8-1)48-31-35-55(36-32-48)61(56-40-53(46-23-11-3-12-24-46)39-54(41-56)47-25-13-4-14-26-47)60-38-34-52(43-59(60)50-29-17-6-18-30-50)57-37-33-51(45-21-9-2-10-22-45)42-58(57)49-27-15-5-16-28-49/h1-43H. The molecule has 0 saturated carbocycles. The highest BCUT2D eigenvalue weighted by Gasteiger charge is 2.21. The van der Waals surface area contributed by atoms with Crippen molar-refractivity contribution < 1.29 is 0 Å². The van der Waals surface area contributed by atoms with Crippen LogP contribution in [0.1, 0.15) is 0 Å². The normalized spacial score (nSPS) is 11.0. The zero-order valence-corrected chi connectivity index (χ0v) is 33.8. The van der Waals surface area contributed by atoms with E-state index in [2.05, 4.69) is 266 Å². The van der Waals surface area contributed by atoms with Gasteiger partial charge in [-0.3, -0.25) is 0 Å². The van der Waals surface area contributed by atoms with Crippen molar-refractivity contribution in [1.82, 2.24) is 0 Å². The third-order valence-corrected chi connectivity index (χ3v) is 11.5. The summed E-state index contributed by atoms with van der Waals surface area (Å²) in [7, 11) is 0. The van der Waals surface area contributed by atoms with E-state index in [9.17, 15) is 0 Å². The van der Waals surface area contributed by atoms with E-state index in [0.29, 0.717) is 0 Å². The van der Waals surface area contributed by atoms with Crippen LogP contribution in [-0.2, 0) is 0 Å². The fraction of sp³-hybridized carbons (Fsp3) is 0. The molecule has 0 amide bonds. The number of benzene rings is 10. The van der Waals surface area contributed by atoms with Crippen molar-refractivity contribution in [1.29, 1.82) is 0 Å². The molecular weight excluding hydrogens is 735 g/mol. The predicted molar refractivity (Wildman–Crippen MR) is 259 cm³/mol. The van der Waals surface area contributed by atoms with Crippen LogP contribution in [-0.4, -0.2) is 0 Å². The van der Waals surface area contributed by atoms with E-state index in [1.54, 1.807) is 0 Å². The second-order valence-electron chi connectivity index (χ2n) is 15.3. The summed E-state index contributed by atoms with van der Waals surface area (Å²) in [5.41, 5.74) is 19.7. The summed E-state index contributed by atoms with van der Waals surface area (Å²) in [6, 6.07) is 94.2. The van der Waals surface area contributed by atoms with Gasteiger partial charge < -0.3 is 4.90 Å². The Bertz CT molecular complexity index is 2960. The van der Waals surface area contributed by atoms with E-state index < -0.39 is 0 Å². The van der Waals surface area contributed by atoms with Gasteiger partial charge in [0.25, 0.3) is 0 Å². The van der Waals surface area contributed by atoms with Crippen LogP contribution < -0.4 is 4.90 Å². The Morgan fingerprint density at radius 3 is 1.03 bits per heavy atom. The van der Waals surface area contributed by atoms with Crippen LogP contribution in [0.25, 0.3) is 77.9 Å². The summed E-state index contributed by atoms with van der Waals surface area (Å²) >= 11 is 0. The monoisotopic (exact) mass is 777 g/mol. The van der Waals surface area contributed by atoms with Crippen LogP contribution >= 0.6 is 0 Å². The number of hydrogen-bond acceptors (Lipinski definition) is 1. The molecule has 10 aromatic rings. The Balaban J connectivity index is 1.20. The van der Waals surface area contributed by atoms with Gasteiger partial charge in [0.1, 0.15) is 0 Å². The Morgan fingerprint density at radius 1 is 0.180 bits per heavy atom. The molecular formula is C60H43N. The molecule has 61 heavy (non-hydrogen) atoms. The quantitative estimate of drug-likeness (QED) is 0.134. The van der Waals surface area contributed by atoms with Gasteiger partial charge in [0, 0.05) is 16.9 Å². The maximum atomic E-state index is 2.44. The van der Waals surface area contributed by atoms with E-state index in [1.807, 2.05) is 0 Å². The van der Waals surface area contributed by atoms with E-state index in [0.717, 1.165) is 44.9 Å². The molecule has 10 rings (SSSR count). The lowest BCUT2D eigenvalue weighted by molar-refractivity contribution is 1.28. The lowest BCUT2D eigenvalue weighted by Crippen LogP contribution is -2.12. The molecule has 0 aliphatic heterocycles. The van der Waals surface area contributed by atoms with Crippen molar-refractivity contribution >= 4 is 17.1 Å². The summed E-state index contributed by atoms with van der Waals surface area (Å²) in [5.74, 6) is 0. The zero-order valence-electron chi connectivity index (χ0n) is 33.8. The molecule has 0 bridgehead atoms. The van der Waals surface area contributed by atoms with E-state index in [-0.39, 0.29) is 0 Å². The van der Waals surface area contributed by atoms with Crippen molar-refractivity contribution in [2.24, 2.45) is 0 Å². The minimum atomic E-state index is 1.08. The molecule has 0 aliphatic carbocycles. The van der Waals surface area contributed by atoms with Crippen molar-refractivity contribution in [3.8, 4) is 77.9 Å². The van der Waals surface area contributed by atoms with Crippen LogP contribution in [0.2, 0.25) is 0 Å². The van der Waals surface area contributed by atoms with Crippen LogP contribution in [0.3, 0.4) is 0 Å². The summed E-state index contributed by atoms with van der Waals surface area (Å²) in [6.07, 6.45) is 0. The molecule has 0 N–H and O–H groups in total. The lowest BCUT2D eigenvalue weighted by atomic mass is 9.89. The van der Waals surface area contributed by atoms with Gasteiger partial charge in [-0.2, -0.15) is 0 Å². The second-order valence-corrected chi connectivity index (χ2v) is 15.3. The summed E-state index contributed by atoms with van der Waals surface area (Å²) < 4.78 is 0. The van der Waals surface area contributed by atoms with Crippen molar-refractivity contribution in [3.05, 3.63) is 261 Å². The van der Waals surface area contributed by atoms with Gasteiger partial charge in [-0.05, 0) is 121 Å². The van der Waals surface area contributed by atoms with Crippen molar-refractivity contribution in [2.45, 2.75) is 0 Å². The predicted octanol–water partition coefficient (Wildman–Crippen LogP) is 16.8. The Hall–Kier alpha value is -8.00. The molecule has 0 aromatic heterocycles. The van der Waals surface area contributed by atoms with Gasteiger partial charge in [-0.15, -0.1) is 0 Å². The van der Waals surface area contributed by atoms with Crippen molar-refractivity contribution in [2.75, 3.05) is 4.90 Å². The van der Waals surface area contributed by atoms with Crippen molar-refractivity contribution in [3.63, 3.8) is 0 Å². The number of hydrogen-bond donors (Lipinski definition) is 0. The molecule has 10 aromatic carbocycles. The molecule has 0 radical (unpaired) electrons. The van der Waals surface area contributed by atoms with Gasteiger partial charge in [-0.1, -0.05) is 212 Å². The average molecular weight is 778 g/mol. The number of anilines is 3. The second kappa shape index (κ2) is 17.1. The van der Waals surface area contributed by atoms with Gasteiger partial charge in [-0.25, -0.2) is 0 Å². The Labute approximate surface area is 359 Å². The van der Waals surface area contributed by atoms with E-state index in [4.69, 9.17) is 0 Å². The molecule has 0 aliphatic rings. The molecule has 0 heterocycles. The van der Waals surface area contributed by atoms with E-state index >= 15 is 0 Å². The molecule has 0 fully saturated rings. The number of nitrogens with zero attached hydrogens (tertiary/aromatic N) is 1. The molecule has 1 heteroatoms. The Kier molecular flexibility index (Phi) is 10.4. The highest BCUT2D eigenvalue weighted by molar-refractivity contribution is 5.95. The maximum absolute atomic E-state index is 2.44. The maximum Gasteiger partial charge on any atom is 0.0540 e. The fourth-order valence-electron chi connectivity index (χ4n) is 8.41. The molecule has 1 nitrogen and oxygen atoms in total. The topological polar surface area (TPSA) is 3.24 Å². The SMILES string of the molecule is c1ccc(-c2ccc(N(c3cc(-c4ccccc4)cc(-c4ccccc4)c3)c3ccc(-c4ccc(-c5ccccc5)cc4-c4ccccc4)cc3-c3ccccc3)cc2)cc1. The highest BCUT2D eigenvalue weighted by Crippen LogP contribution is 2.46. The highest BCUT2D eigenvalue weighted by atomic mass is 15.1. The largest absolute Gasteiger partial charge is 0.310 e. The first-order valence-electron chi connectivity index (χ1n) is 20.9. The molecule has 0 atom stereocenters. The van der Waals surface area contributed by atoms with Gasteiger partial charge in [0.2, 0.25) is 0 Å². The summed E-state index contributed by atoms with van der Waals surface area (Å²) in [6.45, 7) is 0. The molecule has 0 spiro atoms. The molecule has 0 saturated heterocycles. The molecule has 288 valence electrons. The Morgan fingerprint density at radius 2 is 0.541 bits per heavy atom.